The smallest absolute Gasteiger partial charge is 0.292 e. The number of nitrogens with two attached hydrogens (primary N) is 1. The summed E-state index contributed by atoms with van der Waals surface area (Å²) in [5.41, 5.74) is 5.91. The van der Waals surface area contributed by atoms with Crippen LogP contribution in [0, 0.1) is 5.82 Å². The van der Waals surface area contributed by atoms with Crippen LogP contribution in [0.1, 0.15) is 0 Å². The third-order valence-electron chi connectivity index (χ3n) is 1.67. The highest BCUT2D eigenvalue weighted by Crippen LogP contribution is 2.25. The Morgan fingerprint density at radius 3 is 2.71 bits per heavy atom. The van der Waals surface area contributed by atoms with Gasteiger partial charge in [-0.2, -0.15) is 0 Å². The summed E-state index contributed by atoms with van der Waals surface area (Å²) in [6.45, 7) is 0. The third-order valence-corrected chi connectivity index (χ3v) is 2.13. The van der Waals surface area contributed by atoms with Crippen LogP contribution in [-0.2, 0) is 0 Å². The average Bonchev–Trinajstić information content (AvgIpc) is 2.50. The van der Waals surface area contributed by atoms with E-state index in [9.17, 15) is 4.39 Å². The molecule has 2 rings (SSSR count). The van der Waals surface area contributed by atoms with Gasteiger partial charge in [-0.15, -0.1) is 0 Å². The summed E-state index contributed by atoms with van der Waals surface area (Å²) < 4.78 is 18.7. The lowest BCUT2D eigenvalue weighted by Crippen LogP contribution is -1.80. The fraction of sp³-hybridized carbons (Fsp3) is 0. The third kappa shape index (κ3) is 1.77. The average molecular weight is 257 g/mol. The Kier molecular flexibility index (Phi) is 2.25. The number of hydrogen-bond donors (Lipinski definition) is 1. The monoisotopic (exact) mass is 256 g/mol. The second-order valence-electron chi connectivity index (χ2n) is 2.72. The number of aromatic nitrogens is 1. The van der Waals surface area contributed by atoms with Crippen LogP contribution in [0.5, 0.6) is 0 Å². The van der Waals surface area contributed by atoms with E-state index < -0.39 is 0 Å². The molecular weight excluding hydrogens is 251 g/mol. The van der Waals surface area contributed by atoms with Crippen LogP contribution in [0.15, 0.2) is 33.3 Å². The van der Waals surface area contributed by atoms with Gasteiger partial charge < -0.3 is 10.2 Å². The standard InChI is InChI=1S/C9H6BrFN2O/c10-6-1-5(2-7(11)3-6)8-4-13-9(12)14-8/h1-4H,(H2,12,13). The van der Waals surface area contributed by atoms with Gasteiger partial charge >= 0.3 is 0 Å². The van der Waals surface area contributed by atoms with Crippen LogP contribution in [0.3, 0.4) is 0 Å². The molecule has 5 heteroatoms. The highest BCUT2D eigenvalue weighted by atomic mass is 79.9. The molecule has 0 bridgehead atoms. The lowest BCUT2D eigenvalue weighted by atomic mass is 10.2. The molecule has 0 fully saturated rings. The number of hydrogen-bond acceptors (Lipinski definition) is 3. The molecule has 2 N–H and O–H groups in total. The molecule has 0 unspecified atom stereocenters. The van der Waals surface area contributed by atoms with E-state index >= 15 is 0 Å². The zero-order chi connectivity index (χ0) is 10.1. The summed E-state index contributed by atoms with van der Waals surface area (Å²) in [5.74, 6) is 0.104. The molecule has 2 aromatic rings. The summed E-state index contributed by atoms with van der Waals surface area (Å²) in [5, 5.41) is 0. The van der Waals surface area contributed by atoms with Gasteiger partial charge in [0, 0.05) is 10.0 Å². The molecule has 1 heterocycles. The molecule has 0 amide bonds. The normalized spacial score (nSPS) is 10.4. The SMILES string of the molecule is Nc1ncc(-c2cc(F)cc(Br)c2)o1. The van der Waals surface area contributed by atoms with E-state index in [4.69, 9.17) is 10.2 Å². The molecule has 0 spiro atoms. The molecule has 0 atom stereocenters. The molecule has 1 aromatic carbocycles. The molecule has 72 valence electrons. The number of nitrogen functional groups attached to an aromatic ring is 1. The molecular formula is C9H6BrFN2O. The van der Waals surface area contributed by atoms with E-state index in [0.717, 1.165) is 0 Å². The zero-order valence-corrected chi connectivity index (χ0v) is 8.58. The van der Waals surface area contributed by atoms with E-state index in [1.54, 1.807) is 6.07 Å². The second kappa shape index (κ2) is 3.42. The Bertz CT molecular complexity index is 449. The minimum Gasteiger partial charge on any atom is -0.424 e. The van der Waals surface area contributed by atoms with Crippen LogP contribution >= 0.6 is 15.9 Å². The van der Waals surface area contributed by atoms with Gasteiger partial charge in [-0.1, -0.05) is 15.9 Å². The summed E-state index contributed by atoms with van der Waals surface area (Å²) >= 11 is 3.18. The second-order valence-corrected chi connectivity index (χ2v) is 3.64. The molecule has 1 aromatic heterocycles. The Morgan fingerprint density at radius 2 is 2.14 bits per heavy atom. The molecule has 0 saturated carbocycles. The summed E-state index contributed by atoms with van der Waals surface area (Å²) in [6.07, 6.45) is 1.45. The molecule has 0 aliphatic rings. The Hall–Kier alpha value is -1.36. The van der Waals surface area contributed by atoms with Gasteiger partial charge in [-0.05, 0) is 18.2 Å². The van der Waals surface area contributed by atoms with Crippen LogP contribution in [0.4, 0.5) is 10.4 Å². The van der Waals surface area contributed by atoms with E-state index in [1.165, 1.54) is 18.3 Å². The van der Waals surface area contributed by atoms with Crippen molar-refractivity contribution < 1.29 is 8.81 Å². The predicted molar refractivity (Wildman–Crippen MR) is 54.0 cm³/mol. The van der Waals surface area contributed by atoms with Gasteiger partial charge in [0.2, 0.25) is 0 Å². The quantitative estimate of drug-likeness (QED) is 0.854. The topological polar surface area (TPSA) is 52.0 Å². The molecule has 14 heavy (non-hydrogen) atoms. The number of benzene rings is 1. The molecule has 3 nitrogen and oxygen atoms in total. The van der Waals surface area contributed by atoms with Crippen molar-refractivity contribution in [3.8, 4) is 11.3 Å². The Labute approximate surface area is 87.9 Å². The molecule has 0 saturated heterocycles. The van der Waals surface area contributed by atoms with Crippen molar-refractivity contribution in [2.75, 3.05) is 5.73 Å². The summed E-state index contributed by atoms with van der Waals surface area (Å²) in [7, 11) is 0. The van der Waals surface area contributed by atoms with Gasteiger partial charge in [0.1, 0.15) is 5.82 Å². The first-order valence-corrected chi connectivity index (χ1v) is 4.62. The Morgan fingerprint density at radius 1 is 1.36 bits per heavy atom. The minimum atomic E-state index is -0.343. The number of nitrogens with zero attached hydrogens (tertiary/aromatic N) is 1. The van der Waals surface area contributed by atoms with Gasteiger partial charge in [-0.3, -0.25) is 0 Å². The summed E-state index contributed by atoms with van der Waals surface area (Å²) in [6, 6.07) is 4.51. The van der Waals surface area contributed by atoms with Crippen LogP contribution in [0.25, 0.3) is 11.3 Å². The maximum atomic E-state index is 13.0. The lowest BCUT2D eigenvalue weighted by molar-refractivity contribution is 0.591. The van der Waals surface area contributed by atoms with Gasteiger partial charge in [-0.25, -0.2) is 9.37 Å². The summed E-state index contributed by atoms with van der Waals surface area (Å²) in [4.78, 5) is 3.73. The molecule has 0 aliphatic heterocycles. The highest BCUT2D eigenvalue weighted by Gasteiger charge is 2.06. The van der Waals surface area contributed by atoms with E-state index in [0.29, 0.717) is 15.8 Å². The van der Waals surface area contributed by atoms with Crippen LogP contribution in [-0.4, -0.2) is 4.98 Å². The van der Waals surface area contributed by atoms with E-state index in [1.807, 2.05) is 0 Å². The predicted octanol–water partition coefficient (Wildman–Crippen LogP) is 2.83. The Balaban J connectivity index is 2.51. The number of rotatable bonds is 1. The lowest BCUT2D eigenvalue weighted by Gasteiger charge is -1.97. The van der Waals surface area contributed by atoms with Crippen molar-refractivity contribution >= 4 is 21.9 Å². The van der Waals surface area contributed by atoms with Gasteiger partial charge in [0.05, 0.1) is 6.20 Å². The number of anilines is 1. The van der Waals surface area contributed by atoms with Crippen molar-refractivity contribution in [1.29, 1.82) is 0 Å². The van der Waals surface area contributed by atoms with Gasteiger partial charge in [0.15, 0.2) is 5.76 Å². The number of halogens is 2. The molecule has 0 radical (unpaired) electrons. The first-order valence-electron chi connectivity index (χ1n) is 3.83. The maximum Gasteiger partial charge on any atom is 0.292 e. The van der Waals surface area contributed by atoms with Crippen molar-refractivity contribution in [3.05, 3.63) is 34.7 Å². The molecule has 0 aliphatic carbocycles. The van der Waals surface area contributed by atoms with Gasteiger partial charge in [0.25, 0.3) is 6.01 Å². The van der Waals surface area contributed by atoms with E-state index in [2.05, 4.69) is 20.9 Å². The van der Waals surface area contributed by atoms with Crippen molar-refractivity contribution in [3.63, 3.8) is 0 Å². The zero-order valence-electron chi connectivity index (χ0n) is 7.00. The van der Waals surface area contributed by atoms with E-state index in [-0.39, 0.29) is 11.8 Å². The fourth-order valence-electron chi connectivity index (χ4n) is 1.12. The first-order chi connectivity index (χ1) is 6.65. The minimum absolute atomic E-state index is 0.0698. The number of oxazole rings is 1. The van der Waals surface area contributed by atoms with Crippen molar-refractivity contribution in [2.24, 2.45) is 0 Å². The first kappa shape index (κ1) is 9.21. The van der Waals surface area contributed by atoms with Crippen molar-refractivity contribution in [1.82, 2.24) is 4.98 Å². The maximum absolute atomic E-state index is 13.0. The van der Waals surface area contributed by atoms with Crippen LogP contribution < -0.4 is 5.73 Å². The largest absolute Gasteiger partial charge is 0.424 e. The fourth-order valence-corrected chi connectivity index (χ4v) is 1.58. The van der Waals surface area contributed by atoms with Crippen molar-refractivity contribution in [2.45, 2.75) is 0 Å². The highest BCUT2D eigenvalue weighted by molar-refractivity contribution is 9.10. The van der Waals surface area contributed by atoms with Crippen LogP contribution in [0.2, 0.25) is 0 Å².